The van der Waals surface area contributed by atoms with E-state index in [0.717, 1.165) is 22.7 Å². The van der Waals surface area contributed by atoms with Crippen LogP contribution in [0.2, 0.25) is 0 Å². The quantitative estimate of drug-likeness (QED) is 0.281. The normalized spacial score (nSPS) is 18.1. The summed E-state index contributed by atoms with van der Waals surface area (Å²) in [4.78, 5) is 0. The predicted molar refractivity (Wildman–Crippen MR) is 147 cm³/mol. The number of para-hydroxylation sites is 1. The maximum absolute atomic E-state index is 6.25. The summed E-state index contributed by atoms with van der Waals surface area (Å²) < 4.78 is 8.54. The van der Waals surface area contributed by atoms with Gasteiger partial charge in [-0.15, -0.1) is 0 Å². The Kier molecular flexibility index (Phi) is 6.20. The first kappa shape index (κ1) is 22.6. The number of nitrogens with zero attached hydrogens (tertiary/aromatic N) is 1. The topological polar surface area (TPSA) is 12.2 Å². The van der Waals surface area contributed by atoms with E-state index in [0.29, 0.717) is 0 Å². The van der Waals surface area contributed by atoms with Crippen LogP contribution in [-0.2, 0) is 10.2 Å². The van der Waals surface area contributed by atoms with Crippen molar-refractivity contribution in [3.8, 4) is 0 Å². The lowest BCUT2D eigenvalue weighted by Gasteiger charge is -2.18. The fraction of sp³-hybridized carbons (Fsp3) is 0.121. The van der Waals surface area contributed by atoms with Gasteiger partial charge in [0.25, 0.3) is 0 Å². The van der Waals surface area contributed by atoms with Crippen LogP contribution in [0.5, 0.6) is 0 Å². The van der Waals surface area contributed by atoms with Crippen LogP contribution >= 0.6 is 0 Å². The molecule has 0 unspecified atom stereocenters. The lowest BCUT2D eigenvalue weighted by molar-refractivity contribution is -0.401. The number of fused-ring (bicyclic) bond motifs is 1. The van der Waals surface area contributed by atoms with E-state index in [2.05, 4.69) is 117 Å². The first-order valence-corrected chi connectivity index (χ1v) is 12.0. The van der Waals surface area contributed by atoms with E-state index >= 15 is 0 Å². The zero-order chi connectivity index (χ0) is 24.3. The largest absolute Gasteiger partial charge is 0.457 e. The third-order valence-corrected chi connectivity index (χ3v) is 6.65. The maximum atomic E-state index is 6.25. The molecule has 0 fully saturated rings. The molecule has 0 saturated heterocycles. The van der Waals surface area contributed by atoms with Crippen molar-refractivity contribution in [1.29, 1.82) is 0 Å². The molecule has 35 heavy (non-hydrogen) atoms. The van der Waals surface area contributed by atoms with Crippen LogP contribution in [0.3, 0.4) is 0 Å². The highest BCUT2D eigenvalue weighted by atomic mass is 16.5. The first-order valence-electron chi connectivity index (χ1n) is 12.0. The molecule has 2 aliphatic heterocycles. The molecule has 0 spiro atoms. The predicted octanol–water partition coefficient (Wildman–Crippen LogP) is 7.84. The summed E-state index contributed by atoms with van der Waals surface area (Å²) >= 11 is 0. The van der Waals surface area contributed by atoms with Gasteiger partial charge in [-0.05, 0) is 43.2 Å². The molecule has 172 valence electrons. The standard InChI is InChI=1S/C33H30NO/c1-33(2)29-20-13-14-21-30(29)34(3)32(33)22-12-6-11-19-28-23-27(25-15-7-4-8-16-25)24-31(35-28)26-17-9-5-10-18-26/h4-24H,1-3H3/q+1/b11-6+,22-12+,28-19-. The smallest absolute Gasteiger partial charge is 0.209 e. The number of hydrogen-bond acceptors (Lipinski definition) is 1. The van der Waals surface area contributed by atoms with E-state index in [1.54, 1.807) is 0 Å². The highest BCUT2D eigenvalue weighted by molar-refractivity contribution is 6.03. The molecule has 0 saturated carbocycles. The molecular weight excluding hydrogens is 426 g/mol. The Morgan fingerprint density at radius 2 is 1.37 bits per heavy atom. The van der Waals surface area contributed by atoms with Crippen molar-refractivity contribution in [3.05, 3.63) is 150 Å². The van der Waals surface area contributed by atoms with Crippen molar-refractivity contribution in [2.75, 3.05) is 7.05 Å². The molecule has 0 atom stereocenters. The van der Waals surface area contributed by atoms with Crippen LogP contribution in [0, 0.1) is 0 Å². The zero-order valence-electron chi connectivity index (χ0n) is 20.5. The molecule has 0 aromatic heterocycles. The molecule has 2 nitrogen and oxygen atoms in total. The minimum atomic E-state index is -0.0245. The molecule has 0 aliphatic carbocycles. The highest BCUT2D eigenvalue weighted by Gasteiger charge is 2.42. The lowest BCUT2D eigenvalue weighted by Crippen LogP contribution is -2.26. The summed E-state index contributed by atoms with van der Waals surface area (Å²) in [6.45, 7) is 4.56. The van der Waals surface area contributed by atoms with Crippen LogP contribution in [0.1, 0.15) is 30.5 Å². The van der Waals surface area contributed by atoms with Crippen LogP contribution < -0.4 is 0 Å². The van der Waals surface area contributed by atoms with E-state index in [9.17, 15) is 0 Å². The van der Waals surface area contributed by atoms with Gasteiger partial charge in [-0.3, -0.25) is 0 Å². The van der Waals surface area contributed by atoms with Crippen LogP contribution in [-0.4, -0.2) is 17.3 Å². The summed E-state index contributed by atoms with van der Waals surface area (Å²) in [5, 5.41) is 0. The van der Waals surface area contributed by atoms with E-state index in [1.165, 1.54) is 22.5 Å². The van der Waals surface area contributed by atoms with Crippen LogP contribution in [0.25, 0.3) is 11.3 Å². The fourth-order valence-corrected chi connectivity index (χ4v) is 4.81. The third kappa shape index (κ3) is 4.61. The number of rotatable bonds is 5. The van der Waals surface area contributed by atoms with Gasteiger partial charge >= 0.3 is 0 Å². The highest BCUT2D eigenvalue weighted by Crippen LogP contribution is 2.39. The van der Waals surface area contributed by atoms with E-state index in [-0.39, 0.29) is 5.41 Å². The summed E-state index contributed by atoms with van der Waals surface area (Å²) in [6.07, 6.45) is 14.6. The van der Waals surface area contributed by atoms with Gasteiger partial charge in [-0.25, -0.2) is 0 Å². The molecule has 2 heterocycles. The van der Waals surface area contributed by atoms with Gasteiger partial charge in [0.2, 0.25) is 5.69 Å². The van der Waals surface area contributed by atoms with Crippen molar-refractivity contribution in [3.63, 3.8) is 0 Å². The molecule has 2 heteroatoms. The van der Waals surface area contributed by atoms with Gasteiger partial charge in [-0.1, -0.05) is 97.1 Å². The van der Waals surface area contributed by atoms with Crippen LogP contribution in [0.4, 0.5) is 5.69 Å². The maximum Gasteiger partial charge on any atom is 0.209 e. The SMILES string of the molecule is C[N+]1=C(/C=C/C=C/C=C2/C=C(c3ccccc3)C=C(c3ccccc3)O2)C(C)(C)c2ccccc21. The minimum absolute atomic E-state index is 0.0245. The van der Waals surface area contributed by atoms with Crippen molar-refractivity contribution in [2.45, 2.75) is 19.3 Å². The van der Waals surface area contributed by atoms with Crippen molar-refractivity contribution in [2.24, 2.45) is 0 Å². The van der Waals surface area contributed by atoms with E-state index in [1.807, 2.05) is 36.4 Å². The average molecular weight is 457 g/mol. The molecule has 3 aromatic carbocycles. The minimum Gasteiger partial charge on any atom is -0.457 e. The Morgan fingerprint density at radius 3 is 2.09 bits per heavy atom. The Morgan fingerprint density at radius 1 is 0.714 bits per heavy atom. The molecule has 0 N–H and O–H groups in total. The number of benzene rings is 3. The fourth-order valence-electron chi connectivity index (χ4n) is 4.81. The molecule has 2 aliphatic rings. The Balaban J connectivity index is 1.39. The summed E-state index contributed by atoms with van der Waals surface area (Å²) in [6, 6.07) is 29.3. The summed E-state index contributed by atoms with van der Waals surface area (Å²) in [5.41, 5.74) is 7.26. The molecule has 0 bridgehead atoms. The second kappa shape index (κ2) is 9.60. The van der Waals surface area contributed by atoms with Crippen molar-refractivity contribution in [1.82, 2.24) is 0 Å². The second-order valence-corrected chi connectivity index (χ2v) is 9.34. The number of hydrogen-bond donors (Lipinski definition) is 0. The molecule has 0 radical (unpaired) electrons. The van der Waals surface area contributed by atoms with Gasteiger partial charge < -0.3 is 4.74 Å². The van der Waals surface area contributed by atoms with Gasteiger partial charge in [0.1, 0.15) is 18.6 Å². The van der Waals surface area contributed by atoms with E-state index in [4.69, 9.17) is 4.74 Å². The Bertz CT molecular complexity index is 1410. The Hall–Kier alpha value is -4.17. The number of allylic oxidation sites excluding steroid dienone is 8. The summed E-state index contributed by atoms with van der Waals surface area (Å²) in [7, 11) is 2.14. The van der Waals surface area contributed by atoms with Gasteiger partial charge in [0.15, 0.2) is 5.71 Å². The summed E-state index contributed by atoms with van der Waals surface area (Å²) in [5.74, 6) is 1.66. The van der Waals surface area contributed by atoms with Crippen LogP contribution in [0.15, 0.2) is 133 Å². The Labute approximate surface area is 208 Å². The molecule has 3 aromatic rings. The lowest BCUT2D eigenvalue weighted by atomic mass is 9.81. The third-order valence-electron chi connectivity index (χ3n) is 6.65. The molecule has 0 amide bonds. The van der Waals surface area contributed by atoms with Gasteiger partial charge in [0.05, 0.1) is 5.41 Å². The average Bonchev–Trinajstić information content (AvgIpc) is 3.10. The second-order valence-electron chi connectivity index (χ2n) is 9.34. The first-order chi connectivity index (χ1) is 17.0. The van der Waals surface area contributed by atoms with Gasteiger partial charge in [0, 0.05) is 23.3 Å². The zero-order valence-corrected chi connectivity index (χ0v) is 20.5. The molecular formula is C33H30NO+. The van der Waals surface area contributed by atoms with Crippen molar-refractivity contribution >= 4 is 22.7 Å². The molecule has 5 rings (SSSR count). The number of ether oxygens (including phenoxy) is 1. The monoisotopic (exact) mass is 456 g/mol. The van der Waals surface area contributed by atoms with E-state index < -0.39 is 0 Å². The van der Waals surface area contributed by atoms with Gasteiger partial charge in [-0.2, -0.15) is 4.58 Å². The van der Waals surface area contributed by atoms with Crippen molar-refractivity contribution < 1.29 is 9.31 Å².